The summed E-state index contributed by atoms with van der Waals surface area (Å²) in [5, 5.41) is 3.28. The Morgan fingerprint density at radius 2 is 1.73 bits per heavy atom. The molecule has 2 heterocycles. The molecular formula is C26H33FN4O2. The SMILES string of the molecule is CC(=O)N1CC(N(CCc2ccccc2)Cc2ccc(F)cc2)CC1C(=O)N1CCNCC1. The topological polar surface area (TPSA) is 55.9 Å². The summed E-state index contributed by atoms with van der Waals surface area (Å²) < 4.78 is 13.4. The molecule has 2 unspecified atom stereocenters. The van der Waals surface area contributed by atoms with Gasteiger partial charge in [0.2, 0.25) is 11.8 Å². The number of halogens is 1. The van der Waals surface area contributed by atoms with Gasteiger partial charge in [-0.1, -0.05) is 42.5 Å². The number of likely N-dealkylation sites (tertiary alicyclic amines) is 1. The summed E-state index contributed by atoms with van der Waals surface area (Å²) in [4.78, 5) is 31.7. The number of nitrogens with zero attached hydrogens (tertiary/aromatic N) is 3. The quantitative estimate of drug-likeness (QED) is 0.701. The van der Waals surface area contributed by atoms with Gasteiger partial charge in [0.05, 0.1) is 0 Å². The number of amides is 2. The molecule has 0 aliphatic carbocycles. The van der Waals surface area contributed by atoms with Gasteiger partial charge in [-0.3, -0.25) is 14.5 Å². The van der Waals surface area contributed by atoms with Crippen LogP contribution >= 0.6 is 0 Å². The van der Waals surface area contributed by atoms with Gasteiger partial charge >= 0.3 is 0 Å². The predicted molar refractivity (Wildman–Crippen MR) is 126 cm³/mol. The third-order valence-corrected chi connectivity index (χ3v) is 6.74. The van der Waals surface area contributed by atoms with E-state index < -0.39 is 6.04 Å². The Morgan fingerprint density at radius 1 is 1.03 bits per heavy atom. The van der Waals surface area contributed by atoms with Crippen molar-refractivity contribution in [1.29, 1.82) is 0 Å². The standard InChI is InChI=1S/C26H33FN4O2/c1-20(32)31-19-24(17-25(31)26(33)29-15-12-28-13-16-29)30(14-11-21-5-3-2-4-6-21)18-22-7-9-23(27)10-8-22/h2-10,24-25,28H,11-19H2,1H3. The molecule has 0 aromatic heterocycles. The highest BCUT2D eigenvalue weighted by atomic mass is 19.1. The first-order valence-corrected chi connectivity index (χ1v) is 11.8. The molecule has 0 bridgehead atoms. The Kier molecular flexibility index (Phi) is 7.73. The molecule has 2 aliphatic heterocycles. The number of carbonyl (C=O) groups is 2. The highest BCUT2D eigenvalue weighted by Crippen LogP contribution is 2.26. The molecule has 2 saturated heterocycles. The van der Waals surface area contributed by atoms with E-state index >= 15 is 0 Å². The summed E-state index contributed by atoms with van der Waals surface area (Å²) in [6.45, 7) is 6.47. The maximum atomic E-state index is 13.4. The first-order valence-electron chi connectivity index (χ1n) is 11.8. The van der Waals surface area contributed by atoms with Crippen LogP contribution in [0.3, 0.4) is 0 Å². The molecular weight excluding hydrogens is 419 g/mol. The summed E-state index contributed by atoms with van der Waals surface area (Å²) >= 11 is 0. The molecule has 2 amide bonds. The lowest BCUT2D eigenvalue weighted by molar-refractivity contribution is -0.143. The number of hydrogen-bond acceptors (Lipinski definition) is 4. The van der Waals surface area contributed by atoms with Crippen molar-refractivity contribution in [3.8, 4) is 0 Å². The van der Waals surface area contributed by atoms with Crippen molar-refractivity contribution in [1.82, 2.24) is 20.0 Å². The maximum Gasteiger partial charge on any atom is 0.245 e. The van der Waals surface area contributed by atoms with Crippen molar-refractivity contribution < 1.29 is 14.0 Å². The smallest absolute Gasteiger partial charge is 0.245 e. The fraction of sp³-hybridized carbons (Fsp3) is 0.462. The zero-order valence-corrected chi connectivity index (χ0v) is 19.3. The maximum absolute atomic E-state index is 13.4. The van der Waals surface area contributed by atoms with Crippen LogP contribution in [-0.2, 0) is 22.6 Å². The van der Waals surface area contributed by atoms with Gasteiger partial charge in [-0.25, -0.2) is 4.39 Å². The Morgan fingerprint density at radius 3 is 2.39 bits per heavy atom. The first kappa shape index (κ1) is 23.4. The molecule has 2 aromatic carbocycles. The van der Waals surface area contributed by atoms with E-state index in [1.807, 2.05) is 35.2 Å². The van der Waals surface area contributed by atoms with Gasteiger partial charge in [-0.15, -0.1) is 0 Å². The lowest BCUT2D eigenvalue weighted by atomic mass is 10.1. The summed E-state index contributed by atoms with van der Waals surface area (Å²) in [5.41, 5.74) is 2.27. The monoisotopic (exact) mass is 452 g/mol. The van der Waals surface area contributed by atoms with Crippen LogP contribution in [0.4, 0.5) is 4.39 Å². The molecule has 6 nitrogen and oxygen atoms in total. The molecule has 4 rings (SSSR count). The lowest BCUT2D eigenvalue weighted by Crippen LogP contribution is -2.53. The Bertz CT molecular complexity index is 931. The second-order valence-electron chi connectivity index (χ2n) is 8.98. The van der Waals surface area contributed by atoms with Crippen LogP contribution in [0, 0.1) is 5.82 Å². The molecule has 0 radical (unpaired) electrons. The van der Waals surface area contributed by atoms with Gasteiger partial charge in [-0.05, 0) is 36.1 Å². The Balaban J connectivity index is 1.51. The fourth-order valence-electron chi connectivity index (χ4n) is 4.89. The molecule has 2 aromatic rings. The van der Waals surface area contributed by atoms with Gasteiger partial charge in [-0.2, -0.15) is 0 Å². The third kappa shape index (κ3) is 5.97. The van der Waals surface area contributed by atoms with E-state index in [-0.39, 0.29) is 23.7 Å². The fourth-order valence-corrected chi connectivity index (χ4v) is 4.89. The zero-order valence-electron chi connectivity index (χ0n) is 19.3. The summed E-state index contributed by atoms with van der Waals surface area (Å²) in [5.74, 6) is -0.255. The number of piperazine rings is 1. The molecule has 7 heteroatoms. The van der Waals surface area contributed by atoms with Gasteiger partial charge in [0.25, 0.3) is 0 Å². The van der Waals surface area contributed by atoms with Crippen LogP contribution in [0.5, 0.6) is 0 Å². The van der Waals surface area contributed by atoms with Crippen LogP contribution in [0.2, 0.25) is 0 Å². The molecule has 1 N–H and O–H groups in total. The Labute approximate surface area is 195 Å². The molecule has 2 aliphatic rings. The van der Waals surface area contributed by atoms with Crippen LogP contribution < -0.4 is 5.32 Å². The van der Waals surface area contributed by atoms with Crippen molar-refractivity contribution in [2.24, 2.45) is 0 Å². The van der Waals surface area contributed by atoms with E-state index in [0.717, 1.165) is 31.6 Å². The number of benzene rings is 2. The van der Waals surface area contributed by atoms with Crippen LogP contribution in [0.1, 0.15) is 24.5 Å². The number of hydrogen-bond donors (Lipinski definition) is 1. The van der Waals surface area contributed by atoms with E-state index in [9.17, 15) is 14.0 Å². The van der Waals surface area contributed by atoms with E-state index in [1.54, 1.807) is 11.8 Å². The van der Waals surface area contributed by atoms with Crippen molar-refractivity contribution in [3.63, 3.8) is 0 Å². The molecule has 176 valence electrons. The van der Waals surface area contributed by atoms with Crippen molar-refractivity contribution in [3.05, 3.63) is 71.5 Å². The minimum Gasteiger partial charge on any atom is -0.338 e. The third-order valence-electron chi connectivity index (χ3n) is 6.74. The van der Waals surface area contributed by atoms with Crippen LogP contribution in [-0.4, -0.2) is 77.9 Å². The predicted octanol–water partition coefficient (Wildman–Crippen LogP) is 2.29. The van der Waals surface area contributed by atoms with E-state index in [2.05, 4.69) is 22.3 Å². The van der Waals surface area contributed by atoms with E-state index in [4.69, 9.17) is 0 Å². The second-order valence-corrected chi connectivity index (χ2v) is 8.98. The van der Waals surface area contributed by atoms with Crippen molar-refractivity contribution in [2.45, 2.75) is 38.4 Å². The number of rotatable bonds is 7. The highest BCUT2D eigenvalue weighted by Gasteiger charge is 2.42. The first-order chi connectivity index (χ1) is 16.0. The average Bonchev–Trinajstić information content (AvgIpc) is 3.29. The van der Waals surface area contributed by atoms with E-state index in [0.29, 0.717) is 32.6 Å². The molecule has 2 fully saturated rings. The highest BCUT2D eigenvalue weighted by molar-refractivity contribution is 5.87. The van der Waals surface area contributed by atoms with Gasteiger partial charge < -0.3 is 15.1 Å². The zero-order chi connectivity index (χ0) is 23.2. The summed E-state index contributed by atoms with van der Waals surface area (Å²) in [7, 11) is 0. The van der Waals surface area contributed by atoms with Crippen molar-refractivity contribution >= 4 is 11.8 Å². The number of carbonyl (C=O) groups excluding carboxylic acids is 2. The minimum atomic E-state index is -0.418. The molecule has 2 atom stereocenters. The normalized spacial score (nSPS) is 20.9. The largest absolute Gasteiger partial charge is 0.338 e. The summed E-state index contributed by atoms with van der Waals surface area (Å²) in [6.07, 6.45) is 1.49. The molecule has 33 heavy (non-hydrogen) atoms. The lowest BCUT2D eigenvalue weighted by Gasteiger charge is -2.32. The second kappa shape index (κ2) is 10.9. The number of nitrogens with one attached hydrogen (secondary N) is 1. The van der Waals surface area contributed by atoms with Gasteiger partial charge in [0, 0.05) is 58.8 Å². The van der Waals surface area contributed by atoms with Gasteiger partial charge in [0.15, 0.2) is 0 Å². The van der Waals surface area contributed by atoms with Gasteiger partial charge in [0.1, 0.15) is 11.9 Å². The molecule has 0 saturated carbocycles. The average molecular weight is 453 g/mol. The minimum absolute atomic E-state index is 0.0546. The molecule has 0 spiro atoms. The Hall–Kier alpha value is -2.77. The van der Waals surface area contributed by atoms with Crippen LogP contribution in [0.25, 0.3) is 0 Å². The summed E-state index contributed by atoms with van der Waals surface area (Å²) in [6, 6.07) is 16.6. The van der Waals surface area contributed by atoms with Crippen molar-refractivity contribution in [2.75, 3.05) is 39.3 Å². The van der Waals surface area contributed by atoms with E-state index in [1.165, 1.54) is 17.7 Å². The van der Waals surface area contributed by atoms with Crippen LogP contribution in [0.15, 0.2) is 54.6 Å².